The lowest BCUT2D eigenvalue weighted by Crippen LogP contribution is -2.42. The van der Waals surface area contributed by atoms with Crippen LogP contribution in [0.25, 0.3) is 0 Å². The number of hydrogen-bond donors (Lipinski definition) is 4. The van der Waals surface area contributed by atoms with Crippen LogP contribution >= 0.6 is 0 Å². The van der Waals surface area contributed by atoms with Gasteiger partial charge in [-0.1, -0.05) is 43.3 Å². The highest BCUT2D eigenvalue weighted by atomic mass is 19.4. The van der Waals surface area contributed by atoms with E-state index in [2.05, 4.69) is 36.5 Å². The summed E-state index contributed by atoms with van der Waals surface area (Å²) in [4.78, 5) is 21.7. The molecule has 0 aromatic heterocycles. The maximum atomic E-state index is 12.8. The molecule has 1 atom stereocenters. The molecule has 0 spiro atoms. The number of nitrogens with one attached hydrogen (secondary N) is 1. The van der Waals surface area contributed by atoms with Gasteiger partial charge in [0.25, 0.3) is 0 Å². The first kappa shape index (κ1) is 32.2. The number of carbonyl (C=O) groups excluding carboxylic acids is 1. The molecule has 5 N–H and O–H groups in total. The summed E-state index contributed by atoms with van der Waals surface area (Å²) in [6, 6.07) is 19.2. The number of aryl methyl sites for hydroxylation is 2. The normalized spacial score (nSPS) is 11.7. The van der Waals surface area contributed by atoms with Crippen molar-refractivity contribution in [3.63, 3.8) is 0 Å². The molecule has 3 rings (SSSR count). The smallest absolute Gasteiger partial charge is 0.490 e. The Morgan fingerprint density at radius 1 is 1.00 bits per heavy atom. The first-order chi connectivity index (χ1) is 18.8. The van der Waals surface area contributed by atoms with E-state index < -0.39 is 18.2 Å². The van der Waals surface area contributed by atoms with Crippen LogP contribution in [0, 0.1) is 13.8 Å². The summed E-state index contributed by atoms with van der Waals surface area (Å²) < 4.78 is 37.7. The SMILES string of the molecule is CCCOc1ccc(Cc2ccccc2)cc1CNC(=O)[C@@H](N)Cc1c(C)cc(O)cc1C.O=C(O)C(F)(F)F. The van der Waals surface area contributed by atoms with Gasteiger partial charge in [0, 0.05) is 12.1 Å². The van der Waals surface area contributed by atoms with Crippen LogP contribution in [0.1, 0.15) is 46.7 Å². The number of carboxylic acid groups (broad SMARTS) is 1. The molecule has 0 aliphatic rings. The number of halogens is 3. The van der Waals surface area contributed by atoms with Crippen molar-refractivity contribution in [2.24, 2.45) is 5.73 Å². The number of alkyl halides is 3. The third-order valence-corrected chi connectivity index (χ3v) is 5.97. The Morgan fingerprint density at radius 2 is 1.60 bits per heavy atom. The Morgan fingerprint density at radius 3 is 2.15 bits per heavy atom. The predicted octanol–water partition coefficient (Wildman–Crippen LogP) is 5.21. The van der Waals surface area contributed by atoms with Crippen molar-refractivity contribution < 1.29 is 37.7 Å². The minimum atomic E-state index is -5.08. The lowest BCUT2D eigenvalue weighted by Gasteiger charge is -2.18. The van der Waals surface area contributed by atoms with E-state index >= 15 is 0 Å². The highest BCUT2D eigenvalue weighted by Gasteiger charge is 2.38. The Labute approximate surface area is 231 Å². The van der Waals surface area contributed by atoms with Crippen LogP contribution in [0.4, 0.5) is 13.2 Å². The molecule has 3 aromatic rings. The number of carboxylic acids is 1. The van der Waals surface area contributed by atoms with E-state index in [0.29, 0.717) is 19.6 Å². The van der Waals surface area contributed by atoms with Crippen molar-refractivity contribution in [2.75, 3.05) is 6.61 Å². The van der Waals surface area contributed by atoms with Gasteiger partial charge < -0.3 is 26.0 Å². The number of carbonyl (C=O) groups is 2. The van der Waals surface area contributed by atoms with Gasteiger partial charge >= 0.3 is 12.1 Å². The molecule has 0 heterocycles. The van der Waals surface area contributed by atoms with Crippen molar-refractivity contribution in [2.45, 2.75) is 58.8 Å². The van der Waals surface area contributed by atoms with E-state index in [1.807, 2.05) is 38.1 Å². The van der Waals surface area contributed by atoms with Gasteiger partial charge in [-0.3, -0.25) is 4.79 Å². The number of nitrogens with two attached hydrogens (primary N) is 1. The van der Waals surface area contributed by atoms with Crippen molar-refractivity contribution in [1.29, 1.82) is 0 Å². The Hall–Kier alpha value is -4.05. The molecular weight excluding hydrogens is 525 g/mol. The highest BCUT2D eigenvalue weighted by Crippen LogP contribution is 2.24. The van der Waals surface area contributed by atoms with Gasteiger partial charge in [-0.05, 0) is 85.2 Å². The molecule has 40 heavy (non-hydrogen) atoms. The standard InChI is InChI=1S/C28H34N2O3.C2HF3O2/c1-4-12-33-27-11-10-22(15-21-8-6-5-7-9-21)16-23(27)18-30-28(32)26(29)17-25-19(2)13-24(31)14-20(25)3;3-2(4,5)1(6)7/h5-11,13-14,16,26,31H,4,12,15,17-18,29H2,1-3H3,(H,30,32);(H,6,7)/t26-;/m0./s1. The Balaban J connectivity index is 0.000000708. The van der Waals surface area contributed by atoms with Gasteiger partial charge in [0.05, 0.1) is 12.6 Å². The lowest BCUT2D eigenvalue weighted by atomic mass is 9.96. The second kappa shape index (κ2) is 14.9. The molecule has 0 radical (unpaired) electrons. The average Bonchev–Trinajstić information content (AvgIpc) is 2.89. The molecule has 7 nitrogen and oxygen atoms in total. The van der Waals surface area contributed by atoms with Gasteiger partial charge in [-0.2, -0.15) is 13.2 Å². The van der Waals surface area contributed by atoms with Crippen molar-refractivity contribution >= 4 is 11.9 Å². The van der Waals surface area contributed by atoms with Crippen LogP contribution in [-0.4, -0.2) is 40.9 Å². The van der Waals surface area contributed by atoms with Gasteiger partial charge in [-0.15, -0.1) is 0 Å². The zero-order valence-electron chi connectivity index (χ0n) is 22.7. The summed E-state index contributed by atoms with van der Waals surface area (Å²) in [7, 11) is 0. The fourth-order valence-electron chi connectivity index (χ4n) is 3.98. The van der Waals surface area contributed by atoms with Gasteiger partial charge in [0.1, 0.15) is 11.5 Å². The number of aliphatic carboxylic acids is 1. The quantitative estimate of drug-likeness (QED) is 0.270. The van der Waals surface area contributed by atoms with E-state index in [0.717, 1.165) is 46.4 Å². The molecular formula is C30H35F3N2O5. The number of benzene rings is 3. The highest BCUT2D eigenvalue weighted by molar-refractivity contribution is 5.82. The molecule has 0 saturated heterocycles. The Bertz CT molecular complexity index is 1260. The first-order valence-corrected chi connectivity index (χ1v) is 12.7. The summed E-state index contributed by atoms with van der Waals surface area (Å²) in [6.07, 6.45) is -2.94. The summed E-state index contributed by atoms with van der Waals surface area (Å²) in [5, 5.41) is 19.9. The molecule has 0 aliphatic carbocycles. The van der Waals surface area contributed by atoms with Crippen LogP contribution in [0.2, 0.25) is 0 Å². The molecule has 1 amide bonds. The average molecular weight is 561 g/mol. The topological polar surface area (TPSA) is 122 Å². The van der Waals surface area contributed by atoms with E-state index in [4.69, 9.17) is 20.4 Å². The van der Waals surface area contributed by atoms with Gasteiger partial charge in [0.2, 0.25) is 5.91 Å². The second-order valence-electron chi connectivity index (χ2n) is 9.34. The molecule has 10 heteroatoms. The fraction of sp³-hybridized carbons (Fsp3) is 0.333. The molecule has 0 aliphatic heterocycles. The second-order valence-corrected chi connectivity index (χ2v) is 9.34. The van der Waals surface area contributed by atoms with Crippen LogP contribution < -0.4 is 15.8 Å². The van der Waals surface area contributed by atoms with Crippen LogP contribution in [0.5, 0.6) is 11.5 Å². The maximum Gasteiger partial charge on any atom is 0.490 e. The van der Waals surface area contributed by atoms with Gasteiger partial charge in [0.15, 0.2) is 0 Å². The monoisotopic (exact) mass is 560 g/mol. The third kappa shape index (κ3) is 10.3. The van der Waals surface area contributed by atoms with Crippen molar-refractivity contribution in [3.8, 4) is 11.5 Å². The zero-order chi connectivity index (χ0) is 29.9. The number of amides is 1. The van der Waals surface area contributed by atoms with E-state index in [-0.39, 0.29) is 11.7 Å². The summed E-state index contributed by atoms with van der Waals surface area (Å²) in [6.45, 7) is 6.88. The van der Waals surface area contributed by atoms with E-state index in [1.165, 1.54) is 5.56 Å². The molecule has 216 valence electrons. The van der Waals surface area contributed by atoms with E-state index in [1.54, 1.807) is 12.1 Å². The number of phenols is 1. The zero-order valence-corrected chi connectivity index (χ0v) is 22.7. The maximum absolute atomic E-state index is 12.8. The van der Waals surface area contributed by atoms with Crippen LogP contribution in [0.3, 0.4) is 0 Å². The van der Waals surface area contributed by atoms with Gasteiger partial charge in [-0.25, -0.2) is 4.79 Å². The summed E-state index contributed by atoms with van der Waals surface area (Å²) in [5.74, 6) is -1.96. The largest absolute Gasteiger partial charge is 0.508 e. The van der Waals surface area contributed by atoms with Crippen molar-refractivity contribution in [3.05, 3.63) is 94.0 Å². The minimum absolute atomic E-state index is 0.211. The van der Waals surface area contributed by atoms with Crippen molar-refractivity contribution in [1.82, 2.24) is 5.32 Å². The number of rotatable bonds is 10. The molecule has 0 bridgehead atoms. The molecule has 0 saturated carbocycles. The summed E-state index contributed by atoms with van der Waals surface area (Å²) in [5.41, 5.74) is 12.4. The molecule has 0 unspecified atom stereocenters. The third-order valence-electron chi connectivity index (χ3n) is 5.97. The predicted molar refractivity (Wildman–Crippen MR) is 146 cm³/mol. The van der Waals surface area contributed by atoms with E-state index in [9.17, 15) is 23.1 Å². The number of phenolic OH excluding ortho intramolecular Hbond substituents is 1. The fourth-order valence-corrected chi connectivity index (χ4v) is 3.98. The summed E-state index contributed by atoms with van der Waals surface area (Å²) >= 11 is 0. The Kier molecular flexibility index (Phi) is 12.0. The number of ether oxygens (including phenoxy) is 1. The number of hydrogen-bond acceptors (Lipinski definition) is 5. The van der Waals surface area contributed by atoms with Crippen LogP contribution in [0.15, 0.2) is 60.7 Å². The lowest BCUT2D eigenvalue weighted by molar-refractivity contribution is -0.192. The molecule has 3 aromatic carbocycles. The number of aromatic hydroxyl groups is 1. The van der Waals surface area contributed by atoms with Crippen LogP contribution in [-0.2, 0) is 29.0 Å². The molecule has 0 fully saturated rings. The first-order valence-electron chi connectivity index (χ1n) is 12.7. The minimum Gasteiger partial charge on any atom is -0.508 e.